The van der Waals surface area contributed by atoms with Crippen molar-refractivity contribution in [3.8, 4) is 11.4 Å². The van der Waals surface area contributed by atoms with E-state index in [1.165, 1.54) is 19.2 Å². The molecular formula is C24H24ClFN4O4. The molecule has 178 valence electrons. The molecule has 1 aromatic heterocycles. The number of amides is 1. The van der Waals surface area contributed by atoms with Crippen LogP contribution in [-0.2, 0) is 20.7 Å². The minimum absolute atomic E-state index is 0.0257. The third-order valence-electron chi connectivity index (χ3n) is 5.77. The number of piperazine rings is 1. The number of esters is 1. The van der Waals surface area contributed by atoms with Crippen molar-refractivity contribution in [1.82, 2.24) is 19.9 Å². The van der Waals surface area contributed by atoms with Gasteiger partial charge in [-0.1, -0.05) is 28.9 Å². The average Bonchev–Trinajstić information content (AvgIpc) is 3.33. The Morgan fingerprint density at radius 2 is 1.76 bits per heavy atom. The van der Waals surface area contributed by atoms with Crippen LogP contribution in [0.25, 0.3) is 11.4 Å². The van der Waals surface area contributed by atoms with Gasteiger partial charge in [-0.15, -0.1) is 0 Å². The maximum Gasteiger partial charge on any atom is 0.327 e. The van der Waals surface area contributed by atoms with E-state index in [-0.39, 0.29) is 24.1 Å². The summed E-state index contributed by atoms with van der Waals surface area (Å²) in [6.07, 6.45) is 0.533. The molecule has 2 heterocycles. The maximum absolute atomic E-state index is 13.1. The van der Waals surface area contributed by atoms with Crippen molar-refractivity contribution in [2.75, 3.05) is 33.3 Å². The van der Waals surface area contributed by atoms with Crippen LogP contribution in [0, 0.1) is 5.82 Å². The van der Waals surface area contributed by atoms with E-state index < -0.39 is 6.04 Å². The zero-order valence-electron chi connectivity index (χ0n) is 18.6. The van der Waals surface area contributed by atoms with Crippen molar-refractivity contribution >= 4 is 23.5 Å². The lowest BCUT2D eigenvalue weighted by Gasteiger charge is -2.38. The van der Waals surface area contributed by atoms with Crippen LogP contribution >= 0.6 is 11.6 Å². The Morgan fingerprint density at radius 1 is 1.09 bits per heavy atom. The summed E-state index contributed by atoms with van der Waals surface area (Å²) in [4.78, 5) is 33.3. The van der Waals surface area contributed by atoms with Crippen LogP contribution < -0.4 is 0 Å². The van der Waals surface area contributed by atoms with E-state index in [1.807, 2.05) is 17.0 Å². The van der Waals surface area contributed by atoms with Crippen LogP contribution in [0.15, 0.2) is 53.1 Å². The van der Waals surface area contributed by atoms with Crippen molar-refractivity contribution in [2.24, 2.45) is 0 Å². The van der Waals surface area contributed by atoms with Crippen molar-refractivity contribution < 1.29 is 23.2 Å². The molecule has 1 unspecified atom stereocenters. The van der Waals surface area contributed by atoms with Gasteiger partial charge >= 0.3 is 5.97 Å². The van der Waals surface area contributed by atoms with Crippen LogP contribution in [0.1, 0.15) is 23.9 Å². The summed E-state index contributed by atoms with van der Waals surface area (Å²) in [5.41, 5.74) is 1.43. The highest BCUT2D eigenvalue weighted by atomic mass is 35.5. The molecular weight excluding hydrogens is 463 g/mol. The highest BCUT2D eigenvalue weighted by Crippen LogP contribution is 2.25. The first kappa shape index (κ1) is 23.8. The van der Waals surface area contributed by atoms with Crippen LogP contribution in [0.2, 0.25) is 5.02 Å². The van der Waals surface area contributed by atoms with E-state index in [1.54, 1.807) is 29.2 Å². The Hall–Kier alpha value is -3.30. The molecule has 0 N–H and O–H groups in total. The van der Waals surface area contributed by atoms with Crippen LogP contribution in [-0.4, -0.2) is 65.1 Å². The number of hydrogen-bond acceptors (Lipinski definition) is 7. The normalized spacial score (nSPS) is 15.2. The number of carbonyl (C=O) groups excluding carboxylic acids is 2. The highest BCUT2D eigenvalue weighted by molar-refractivity contribution is 6.30. The lowest BCUT2D eigenvalue weighted by molar-refractivity contribution is -0.148. The quantitative estimate of drug-likeness (QED) is 0.472. The molecule has 0 saturated carbocycles. The molecule has 1 saturated heterocycles. The molecule has 1 fully saturated rings. The zero-order valence-corrected chi connectivity index (χ0v) is 19.4. The molecule has 4 rings (SSSR count). The van der Waals surface area contributed by atoms with Gasteiger partial charge in [0.05, 0.1) is 7.11 Å². The number of benzene rings is 2. The number of methoxy groups -OCH3 is 1. The second-order valence-corrected chi connectivity index (χ2v) is 8.35. The van der Waals surface area contributed by atoms with Crippen LogP contribution in [0.3, 0.4) is 0 Å². The fourth-order valence-electron chi connectivity index (χ4n) is 3.93. The smallest absolute Gasteiger partial charge is 0.327 e. The van der Waals surface area contributed by atoms with Gasteiger partial charge in [-0.05, 0) is 42.0 Å². The number of nitrogens with zero attached hydrogens (tertiary/aromatic N) is 4. The summed E-state index contributed by atoms with van der Waals surface area (Å²) in [5.74, 6) is -0.0195. The second-order valence-electron chi connectivity index (χ2n) is 7.91. The van der Waals surface area contributed by atoms with Gasteiger partial charge in [0.15, 0.2) is 0 Å². The van der Waals surface area contributed by atoms with Crippen molar-refractivity contribution in [1.29, 1.82) is 0 Å². The number of carbonyl (C=O) groups is 2. The van der Waals surface area contributed by atoms with Crippen LogP contribution in [0.5, 0.6) is 0 Å². The number of aromatic nitrogens is 2. The molecule has 0 bridgehead atoms. The summed E-state index contributed by atoms with van der Waals surface area (Å²) in [6.45, 7) is 2.04. The summed E-state index contributed by atoms with van der Waals surface area (Å²) in [7, 11) is 1.37. The van der Waals surface area contributed by atoms with Crippen molar-refractivity contribution in [3.05, 3.63) is 70.8 Å². The van der Waals surface area contributed by atoms with Gasteiger partial charge in [0.2, 0.25) is 17.6 Å². The number of rotatable bonds is 7. The summed E-state index contributed by atoms with van der Waals surface area (Å²) in [5, 5.41) is 4.49. The third-order valence-corrected chi connectivity index (χ3v) is 6.02. The zero-order chi connectivity index (χ0) is 24.1. The van der Waals surface area contributed by atoms with Crippen molar-refractivity contribution in [2.45, 2.75) is 18.9 Å². The summed E-state index contributed by atoms with van der Waals surface area (Å²) < 4.78 is 23.3. The molecule has 1 aliphatic heterocycles. The monoisotopic (exact) mass is 486 g/mol. The average molecular weight is 487 g/mol. The number of halogens is 2. The van der Waals surface area contributed by atoms with Crippen molar-refractivity contribution in [3.63, 3.8) is 0 Å². The number of ether oxygens (including phenoxy) is 1. The lowest BCUT2D eigenvalue weighted by atomic mass is 10.0. The molecule has 1 aliphatic rings. The standard InChI is InChI=1S/C24H24ClFN4O4/c1-33-24(32)22(16-2-6-18(25)7-3-16)30-14-12-29(13-15-30)21(31)11-10-20-27-23(28-34-20)17-4-8-19(26)9-5-17/h2-9,22H,10-15H2,1H3. The SMILES string of the molecule is COC(=O)C(c1ccc(Cl)cc1)N1CCN(C(=O)CCc2nc(-c3ccc(F)cc3)no2)CC1. The van der Waals surface area contributed by atoms with E-state index in [2.05, 4.69) is 10.1 Å². The molecule has 1 atom stereocenters. The number of hydrogen-bond donors (Lipinski definition) is 0. The molecule has 34 heavy (non-hydrogen) atoms. The third kappa shape index (κ3) is 5.60. The maximum atomic E-state index is 13.1. The summed E-state index contributed by atoms with van der Waals surface area (Å²) in [6, 6.07) is 12.3. The minimum Gasteiger partial charge on any atom is -0.468 e. The minimum atomic E-state index is -0.553. The van der Waals surface area contributed by atoms with Gasteiger partial charge in [0, 0.05) is 49.6 Å². The first-order valence-electron chi connectivity index (χ1n) is 10.9. The second kappa shape index (κ2) is 10.8. The van der Waals surface area contributed by atoms with E-state index in [0.717, 1.165) is 5.56 Å². The van der Waals surface area contributed by atoms with E-state index in [9.17, 15) is 14.0 Å². The predicted molar refractivity (Wildman–Crippen MR) is 122 cm³/mol. The molecule has 0 radical (unpaired) electrons. The molecule has 2 aromatic carbocycles. The Morgan fingerprint density at radius 3 is 2.41 bits per heavy atom. The fraction of sp³-hybridized carbons (Fsp3) is 0.333. The predicted octanol–water partition coefficient (Wildman–Crippen LogP) is 3.52. The Labute approximate surface area is 201 Å². The van der Waals surface area contributed by atoms with E-state index >= 15 is 0 Å². The van der Waals surface area contributed by atoms with E-state index in [4.69, 9.17) is 20.9 Å². The Kier molecular flexibility index (Phi) is 7.54. The number of aryl methyl sites for hydroxylation is 1. The molecule has 8 nitrogen and oxygen atoms in total. The van der Waals surface area contributed by atoms with E-state index in [0.29, 0.717) is 54.9 Å². The first-order valence-corrected chi connectivity index (χ1v) is 11.3. The van der Waals surface area contributed by atoms with Gasteiger partial charge in [-0.3, -0.25) is 9.69 Å². The topological polar surface area (TPSA) is 88.8 Å². The molecule has 0 aliphatic carbocycles. The van der Waals surface area contributed by atoms with Gasteiger partial charge in [-0.2, -0.15) is 4.98 Å². The molecule has 10 heteroatoms. The van der Waals surface area contributed by atoms with Gasteiger partial charge < -0.3 is 14.2 Å². The lowest BCUT2D eigenvalue weighted by Crippen LogP contribution is -2.51. The van der Waals surface area contributed by atoms with Gasteiger partial charge in [0.1, 0.15) is 11.9 Å². The first-order chi connectivity index (χ1) is 16.4. The molecule has 3 aromatic rings. The summed E-state index contributed by atoms with van der Waals surface area (Å²) >= 11 is 5.98. The van der Waals surface area contributed by atoms with Crippen LogP contribution in [0.4, 0.5) is 4.39 Å². The fourth-order valence-corrected chi connectivity index (χ4v) is 4.05. The highest BCUT2D eigenvalue weighted by Gasteiger charge is 2.32. The van der Waals surface area contributed by atoms with Gasteiger partial charge in [0.25, 0.3) is 0 Å². The molecule has 0 spiro atoms. The van der Waals surface area contributed by atoms with Gasteiger partial charge in [-0.25, -0.2) is 9.18 Å². The molecule has 1 amide bonds. The Bertz CT molecular complexity index is 1130. The Balaban J connectivity index is 1.31. The largest absolute Gasteiger partial charge is 0.468 e.